The molecule has 0 aliphatic carbocycles. The number of carbonyl (C=O) groups excluding carboxylic acids is 2. The Kier molecular flexibility index (Phi) is 7.08. The summed E-state index contributed by atoms with van der Waals surface area (Å²) in [5.74, 6) is 0.440. The summed E-state index contributed by atoms with van der Waals surface area (Å²) in [7, 11) is 6.04. The highest BCUT2D eigenvalue weighted by Crippen LogP contribution is 2.30. The van der Waals surface area contributed by atoms with Crippen molar-refractivity contribution in [3.8, 4) is 23.0 Å². The van der Waals surface area contributed by atoms with Gasteiger partial charge in [0.05, 0.1) is 40.2 Å². The van der Waals surface area contributed by atoms with Gasteiger partial charge in [0.1, 0.15) is 11.5 Å². The van der Waals surface area contributed by atoms with Gasteiger partial charge in [-0.3, -0.25) is 9.59 Å². The van der Waals surface area contributed by atoms with Crippen LogP contribution in [0.1, 0.15) is 18.5 Å². The van der Waals surface area contributed by atoms with E-state index in [0.29, 0.717) is 28.7 Å². The summed E-state index contributed by atoms with van der Waals surface area (Å²) < 4.78 is 20.8. The first-order valence-corrected chi connectivity index (χ1v) is 8.49. The molecule has 2 N–H and O–H groups in total. The molecule has 8 nitrogen and oxygen atoms in total. The number of anilines is 1. The van der Waals surface area contributed by atoms with Crippen LogP contribution in [-0.4, -0.2) is 40.3 Å². The average Bonchev–Trinajstić information content (AvgIpc) is 2.72. The first-order chi connectivity index (χ1) is 13.4. The van der Waals surface area contributed by atoms with Crippen molar-refractivity contribution in [1.29, 1.82) is 0 Å². The SMILES string of the molecule is COc1ccc(OC)c(NC(=O)C(=O)NC(C)c2ccc(OC)c(OC)c2)c1. The van der Waals surface area contributed by atoms with Crippen molar-refractivity contribution in [2.24, 2.45) is 0 Å². The molecule has 0 aliphatic rings. The van der Waals surface area contributed by atoms with Gasteiger partial charge >= 0.3 is 11.8 Å². The molecule has 2 amide bonds. The fourth-order valence-electron chi connectivity index (χ4n) is 2.56. The lowest BCUT2D eigenvalue weighted by Crippen LogP contribution is -2.37. The molecule has 0 fully saturated rings. The van der Waals surface area contributed by atoms with E-state index in [4.69, 9.17) is 18.9 Å². The highest BCUT2D eigenvalue weighted by molar-refractivity contribution is 6.39. The Labute approximate surface area is 163 Å². The summed E-state index contributed by atoms with van der Waals surface area (Å²) >= 11 is 0. The summed E-state index contributed by atoms with van der Waals surface area (Å²) in [6.07, 6.45) is 0. The largest absolute Gasteiger partial charge is 0.497 e. The zero-order valence-electron chi connectivity index (χ0n) is 16.5. The minimum atomic E-state index is -0.820. The fraction of sp³-hybridized carbons (Fsp3) is 0.300. The maximum Gasteiger partial charge on any atom is 0.313 e. The van der Waals surface area contributed by atoms with E-state index in [-0.39, 0.29) is 0 Å². The third-order valence-corrected chi connectivity index (χ3v) is 4.12. The third kappa shape index (κ3) is 4.85. The zero-order valence-corrected chi connectivity index (χ0v) is 16.5. The minimum Gasteiger partial charge on any atom is -0.497 e. The van der Waals surface area contributed by atoms with Crippen molar-refractivity contribution in [3.05, 3.63) is 42.0 Å². The van der Waals surface area contributed by atoms with Crippen LogP contribution in [0.15, 0.2) is 36.4 Å². The van der Waals surface area contributed by atoms with Crippen LogP contribution in [0.25, 0.3) is 0 Å². The number of rotatable bonds is 7. The molecule has 0 saturated carbocycles. The molecule has 2 aromatic rings. The van der Waals surface area contributed by atoms with Crippen molar-refractivity contribution in [2.45, 2.75) is 13.0 Å². The highest BCUT2D eigenvalue weighted by Gasteiger charge is 2.20. The number of nitrogens with one attached hydrogen (secondary N) is 2. The van der Waals surface area contributed by atoms with Gasteiger partial charge in [0.25, 0.3) is 0 Å². The molecule has 1 atom stereocenters. The molecule has 0 saturated heterocycles. The Balaban J connectivity index is 2.09. The number of ether oxygens (including phenoxy) is 4. The topological polar surface area (TPSA) is 95.1 Å². The summed E-state index contributed by atoms with van der Waals surface area (Å²) in [5, 5.41) is 5.18. The van der Waals surface area contributed by atoms with Crippen molar-refractivity contribution in [2.75, 3.05) is 33.8 Å². The Morgan fingerprint density at radius 1 is 0.786 bits per heavy atom. The van der Waals surface area contributed by atoms with Gasteiger partial charge < -0.3 is 29.6 Å². The number of hydrogen-bond acceptors (Lipinski definition) is 6. The van der Waals surface area contributed by atoms with Gasteiger partial charge in [-0.05, 0) is 36.8 Å². The second-order valence-corrected chi connectivity index (χ2v) is 5.83. The average molecular weight is 388 g/mol. The fourth-order valence-corrected chi connectivity index (χ4v) is 2.56. The number of amides is 2. The van der Waals surface area contributed by atoms with E-state index < -0.39 is 17.9 Å². The lowest BCUT2D eigenvalue weighted by atomic mass is 10.1. The molecule has 2 rings (SSSR count). The van der Waals surface area contributed by atoms with Crippen LogP contribution in [0.3, 0.4) is 0 Å². The molecule has 0 spiro atoms. The van der Waals surface area contributed by atoms with Crippen molar-refractivity contribution in [1.82, 2.24) is 5.32 Å². The van der Waals surface area contributed by atoms with Gasteiger partial charge in [0.2, 0.25) is 0 Å². The van der Waals surface area contributed by atoms with E-state index in [1.807, 2.05) is 0 Å². The highest BCUT2D eigenvalue weighted by atomic mass is 16.5. The molecule has 2 aromatic carbocycles. The first-order valence-electron chi connectivity index (χ1n) is 8.49. The monoisotopic (exact) mass is 388 g/mol. The predicted molar refractivity (Wildman–Crippen MR) is 104 cm³/mol. The minimum absolute atomic E-state index is 0.334. The lowest BCUT2D eigenvalue weighted by molar-refractivity contribution is -0.136. The van der Waals surface area contributed by atoms with Gasteiger partial charge in [-0.2, -0.15) is 0 Å². The smallest absolute Gasteiger partial charge is 0.313 e. The summed E-state index contributed by atoms with van der Waals surface area (Å²) in [6, 6.07) is 9.74. The van der Waals surface area contributed by atoms with Crippen LogP contribution in [0.5, 0.6) is 23.0 Å². The van der Waals surface area contributed by atoms with Crippen LogP contribution in [0.4, 0.5) is 5.69 Å². The molecule has 0 radical (unpaired) electrons. The van der Waals surface area contributed by atoms with Crippen molar-refractivity contribution >= 4 is 17.5 Å². The van der Waals surface area contributed by atoms with Gasteiger partial charge in [0, 0.05) is 6.07 Å². The van der Waals surface area contributed by atoms with E-state index in [1.54, 1.807) is 50.4 Å². The normalized spacial score (nSPS) is 11.2. The molecule has 1 unspecified atom stereocenters. The molecular weight excluding hydrogens is 364 g/mol. The standard InChI is InChI=1S/C20H24N2O6/c1-12(13-6-8-17(27-4)18(10-13)28-5)21-19(23)20(24)22-15-11-14(25-2)7-9-16(15)26-3/h6-12H,1-5H3,(H,21,23)(H,22,24). The quantitative estimate of drug-likeness (QED) is 0.708. The van der Waals surface area contributed by atoms with Crippen LogP contribution in [0.2, 0.25) is 0 Å². The predicted octanol–water partition coefficient (Wildman–Crippen LogP) is 2.54. The van der Waals surface area contributed by atoms with Crippen LogP contribution in [0, 0.1) is 0 Å². The van der Waals surface area contributed by atoms with Gasteiger partial charge in [-0.1, -0.05) is 6.07 Å². The Morgan fingerprint density at radius 2 is 1.43 bits per heavy atom. The van der Waals surface area contributed by atoms with E-state index >= 15 is 0 Å². The summed E-state index contributed by atoms with van der Waals surface area (Å²) in [5.41, 5.74) is 1.10. The zero-order chi connectivity index (χ0) is 20.7. The van der Waals surface area contributed by atoms with E-state index in [9.17, 15) is 9.59 Å². The molecule has 0 heterocycles. The number of hydrogen-bond donors (Lipinski definition) is 2. The van der Waals surface area contributed by atoms with Crippen LogP contribution in [-0.2, 0) is 9.59 Å². The second kappa shape index (κ2) is 9.50. The lowest BCUT2D eigenvalue weighted by Gasteiger charge is -2.17. The van der Waals surface area contributed by atoms with Crippen molar-refractivity contribution in [3.63, 3.8) is 0 Å². The third-order valence-electron chi connectivity index (χ3n) is 4.12. The van der Waals surface area contributed by atoms with Gasteiger partial charge in [-0.15, -0.1) is 0 Å². The molecule has 28 heavy (non-hydrogen) atoms. The number of carbonyl (C=O) groups is 2. The van der Waals surface area contributed by atoms with Crippen molar-refractivity contribution < 1.29 is 28.5 Å². The second-order valence-electron chi connectivity index (χ2n) is 5.83. The molecule has 0 bridgehead atoms. The van der Waals surface area contributed by atoms with E-state index in [2.05, 4.69) is 10.6 Å². The Bertz CT molecular complexity index is 853. The van der Waals surface area contributed by atoms with E-state index in [0.717, 1.165) is 5.56 Å². The molecule has 150 valence electrons. The number of benzene rings is 2. The Morgan fingerprint density at radius 3 is 2.04 bits per heavy atom. The maximum absolute atomic E-state index is 12.3. The van der Waals surface area contributed by atoms with Gasteiger partial charge in [-0.25, -0.2) is 0 Å². The Hall–Kier alpha value is -3.42. The molecule has 0 aromatic heterocycles. The molecule has 0 aliphatic heterocycles. The number of methoxy groups -OCH3 is 4. The van der Waals surface area contributed by atoms with Crippen LogP contribution < -0.4 is 29.6 Å². The van der Waals surface area contributed by atoms with E-state index in [1.165, 1.54) is 21.3 Å². The van der Waals surface area contributed by atoms with Gasteiger partial charge in [0.15, 0.2) is 11.5 Å². The van der Waals surface area contributed by atoms with Crippen LogP contribution >= 0.6 is 0 Å². The maximum atomic E-state index is 12.3. The summed E-state index contributed by atoms with van der Waals surface area (Å²) in [4.78, 5) is 24.6. The first kappa shape index (κ1) is 20.9. The molecule has 8 heteroatoms. The summed E-state index contributed by atoms with van der Waals surface area (Å²) in [6.45, 7) is 1.76. The molecular formula is C20H24N2O6.